The van der Waals surface area contributed by atoms with Crippen LogP contribution in [0, 0.1) is 0 Å². The maximum atomic E-state index is 11.7. The predicted octanol–water partition coefficient (Wildman–Crippen LogP) is -0.0818. The van der Waals surface area contributed by atoms with Gasteiger partial charge in [0.25, 0.3) is 5.91 Å². The molecule has 92 valence electrons. The van der Waals surface area contributed by atoms with Crippen LogP contribution in [-0.4, -0.2) is 29.4 Å². The third-order valence-electron chi connectivity index (χ3n) is 2.11. The quantitative estimate of drug-likeness (QED) is 0.681. The topological polar surface area (TPSA) is 97.1 Å². The van der Waals surface area contributed by atoms with Crippen LogP contribution in [-0.2, 0) is 4.79 Å². The average molecular weight is 236 g/mol. The van der Waals surface area contributed by atoms with Crippen LogP contribution in [0.3, 0.4) is 0 Å². The number of nitrogens with zero attached hydrogens (tertiary/aromatic N) is 1. The lowest BCUT2D eigenvalue weighted by Gasteiger charge is -2.12. The highest BCUT2D eigenvalue weighted by Gasteiger charge is 2.16. The summed E-state index contributed by atoms with van der Waals surface area (Å²) in [6.07, 6.45) is 1.39. The van der Waals surface area contributed by atoms with Gasteiger partial charge in [0.05, 0.1) is 11.9 Å². The van der Waals surface area contributed by atoms with Crippen LogP contribution < -0.4 is 16.4 Å². The van der Waals surface area contributed by atoms with Crippen molar-refractivity contribution in [3.63, 3.8) is 0 Å². The van der Waals surface area contributed by atoms with Gasteiger partial charge in [-0.1, -0.05) is 0 Å². The number of rotatable bonds is 4. The number of carbonyl (C=O) groups excluding carboxylic acids is 2. The largest absolute Gasteiger partial charge is 0.397 e. The van der Waals surface area contributed by atoms with Gasteiger partial charge in [-0.2, -0.15) is 0 Å². The first kappa shape index (κ1) is 13.0. The molecule has 0 aliphatic rings. The van der Waals surface area contributed by atoms with Crippen molar-refractivity contribution < 1.29 is 9.59 Å². The number of nitrogens with one attached hydrogen (secondary N) is 2. The zero-order chi connectivity index (χ0) is 12.8. The summed E-state index contributed by atoms with van der Waals surface area (Å²) in [5, 5.41) is 5.16. The molecule has 1 aromatic heterocycles. The van der Waals surface area contributed by atoms with Crippen LogP contribution in [0.2, 0.25) is 0 Å². The smallest absolute Gasteiger partial charge is 0.270 e. The van der Waals surface area contributed by atoms with Gasteiger partial charge >= 0.3 is 0 Å². The monoisotopic (exact) mass is 236 g/mol. The summed E-state index contributed by atoms with van der Waals surface area (Å²) >= 11 is 0. The molecule has 6 nitrogen and oxygen atoms in total. The van der Waals surface area contributed by atoms with Crippen LogP contribution in [0.5, 0.6) is 0 Å². The highest BCUT2D eigenvalue weighted by atomic mass is 16.2. The number of hydrogen-bond donors (Lipinski definition) is 3. The van der Waals surface area contributed by atoms with Crippen molar-refractivity contribution in [3.8, 4) is 0 Å². The number of pyridine rings is 1. The third kappa shape index (κ3) is 3.75. The Balaban J connectivity index is 2.60. The second-order valence-electron chi connectivity index (χ2n) is 3.57. The van der Waals surface area contributed by atoms with E-state index in [2.05, 4.69) is 15.6 Å². The summed E-state index contributed by atoms with van der Waals surface area (Å²) in [7, 11) is 0. The fourth-order valence-corrected chi connectivity index (χ4v) is 1.20. The van der Waals surface area contributed by atoms with E-state index in [-0.39, 0.29) is 11.6 Å². The number of carbonyl (C=O) groups is 2. The number of hydrogen-bond acceptors (Lipinski definition) is 4. The van der Waals surface area contributed by atoms with Crippen LogP contribution in [0.1, 0.15) is 24.3 Å². The lowest BCUT2D eigenvalue weighted by molar-refractivity contribution is -0.122. The maximum Gasteiger partial charge on any atom is 0.270 e. The van der Waals surface area contributed by atoms with Crippen molar-refractivity contribution in [2.45, 2.75) is 19.9 Å². The minimum Gasteiger partial charge on any atom is -0.397 e. The molecule has 0 saturated heterocycles. The zero-order valence-corrected chi connectivity index (χ0v) is 9.86. The van der Waals surface area contributed by atoms with Gasteiger partial charge in [0.15, 0.2) is 0 Å². The minimum atomic E-state index is -0.596. The van der Waals surface area contributed by atoms with E-state index in [0.717, 1.165) is 0 Å². The summed E-state index contributed by atoms with van der Waals surface area (Å²) in [6.45, 7) is 3.95. The molecule has 1 unspecified atom stereocenters. The number of nitrogen functional groups attached to an aromatic ring is 1. The Kier molecular flexibility index (Phi) is 4.45. The summed E-state index contributed by atoms with van der Waals surface area (Å²) in [5.41, 5.74) is 6.17. The molecular formula is C11H16N4O2. The third-order valence-corrected chi connectivity index (χ3v) is 2.11. The van der Waals surface area contributed by atoms with Crippen molar-refractivity contribution in [2.75, 3.05) is 12.3 Å². The second-order valence-corrected chi connectivity index (χ2v) is 3.57. The molecule has 0 bridgehead atoms. The van der Waals surface area contributed by atoms with Crippen LogP contribution in [0.25, 0.3) is 0 Å². The highest BCUT2D eigenvalue weighted by Crippen LogP contribution is 2.01. The Bertz CT molecular complexity index is 402. The zero-order valence-electron chi connectivity index (χ0n) is 9.86. The predicted molar refractivity (Wildman–Crippen MR) is 64.3 cm³/mol. The number of anilines is 1. The molecule has 0 radical (unpaired) electrons. The fraction of sp³-hybridized carbons (Fsp3) is 0.364. The molecule has 1 rings (SSSR count). The first-order valence-electron chi connectivity index (χ1n) is 5.34. The van der Waals surface area contributed by atoms with Gasteiger partial charge < -0.3 is 16.4 Å². The number of nitrogens with two attached hydrogens (primary N) is 1. The highest BCUT2D eigenvalue weighted by molar-refractivity contribution is 5.96. The molecule has 1 atom stereocenters. The van der Waals surface area contributed by atoms with Gasteiger partial charge in [0.2, 0.25) is 5.91 Å². The maximum absolute atomic E-state index is 11.7. The molecule has 1 aromatic rings. The summed E-state index contributed by atoms with van der Waals surface area (Å²) < 4.78 is 0. The van der Waals surface area contributed by atoms with Crippen molar-refractivity contribution in [1.29, 1.82) is 0 Å². The minimum absolute atomic E-state index is 0.226. The normalized spacial score (nSPS) is 11.6. The molecule has 1 heterocycles. The number of likely N-dealkylation sites (N-methyl/N-ethyl adjacent to an activating group) is 1. The van der Waals surface area contributed by atoms with Gasteiger partial charge in [-0.3, -0.25) is 9.59 Å². The Morgan fingerprint density at radius 3 is 2.71 bits per heavy atom. The molecule has 6 heteroatoms. The lowest BCUT2D eigenvalue weighted by atomic mass is 10.2. The molecule has 0 spiro atoms. The van der Waals surface area contributed by atoms with Crippen molar-refractivity contribution >= 4 is 17.5 Å². The van der Waals surface area contributed by atoms with E-state index < -0.39 is 11.9 Å². The Hall–Kier alpha value is -2.11. The van der Waals surface area contributed by atoms with Gasteiger partial charge in [0, 0.05) is 6.54 Å². The van der Waals surface area contributed by atoms with Crippen molar-refractivity contribution in [3.05, 3.63) is 24.0 Å². The number of aromatic nitrogens is 1. The first-order chi connectivity index (χ1) is 8.04. The SMILES string of the molecule is CCNC(=O)C(C)NC(=O)c1ccc(N)cn1. The molecule has 0 aliphatic heterocycles. The Morgan fingerprint density at radius 1 is 1.47 bits per heavy atom. The standard InChI is InChI=1S/C11H16N4O2/c1-3-13-10(16)7(2)15-11(17)9-5-4-8(12)6-14-9/h4-7H,3,12H2,1-2H3,(H,13,16)(H,15,17). The molecule has 0 saturated carbocycles. The lowest BCUT2D eigenvalue weighted by Crippen LogP contribution is -2.44. The second kappa shape index (κ2) is 5.83. The molecule has 0 aromatic carbocycles. The van der Waals surface area contributed by atoms with Gasteiger partial charge in [0.1, 0.15) is 11.7 Å². The summed E-state index contributed by atoms with van der Waals surface area (Å²) in [5.74, 6) is -0.625. The Morgan fingerprint density at radius 2 is 2.18 bits per heavy atom. The van der Waals surface area contributed by atoms with E-state index in [0.29, 0.717) is 12.2 Å². The average Bonchev–Trinajstić information content (AvgIpc) is 2.30. The van der Waals surface area contributed by atoms with Crippen molar-refractivity contribution in [1.82, 2.24) is 15.6 Å². The van der Waals surface area contributed by atoms with E-state index in [1.165, 1.54) is 12.3 Å². The van der Waals surface area contributed by atoms with E-state index >= 15 is 0 Å². The molecule has 4 N–H and O–H groups in total. The molecular weight excluding hydrogens is 220 g/mol. The van der Waals surface area contributed by atoms with Gasteiger partial charge in [-0.25, -0.2) is 4.98 Å². The molecule has 0 aliphatic carbocycles. The van der Waals surface area contributed by atoms with E-state index in [9.17, 15) is 9.59 Å². The van der Waals surface area contributed by atoms with Crippen molar-refractivity contribution in [2.24, 2.45) is 0 Å². The summed E-state index contributed by atoms with van der Waals surface area (Å²) in [4.78, 5) is 26.9. The van der Waals surface area contributed by atoms with Gasteiger partial charge in [-0.15, -0.1) is 0 Å². The fourth-order valence-electron chi connectivity index (χ4n) is 1.20. The van der Waals surface area contributed by atoms with Crippen LogP contribution in [0.4, 0.5) is 5.69 Å². The summed E-state index contributed by atoms with van der Waals surface area (Å²) in [6, 6.07) is 2.50. The molecule has 2 amide bonds. The van der Waals surface area contributed by atoms with Crippen LogP contribution in [0.15, 0.2) is 18.3 Å². The van der Waals surface area contributed by atoms with Crippen LogP contribution >= 0.6 is 0 Å². The van der Waals surface area contributed by atoms with E-state index in [1.54, 1.807) is 13.0 Å². The Labute approximate surface area is 99.6 Å². The first-order valence-corrected chi connectivity index (χ1v) is 5.34. The molecule has 0 fully saturated rings. The van der Waals surface area contributed by atoms with Gasteiger partial charge in [-0.05, 0) is 26.0 Å². The number of amides is 2. The molecule has 17 heavy (non-hydrogen) atoms. The van der Waals surface area contributed by atoms with E-state index in [1.807, 2.05) is 6.92 Å². The van der Waals surface area contributed by atoms with E-state index in [4.69, 9.17) is 5.73 Å².